The molecule has 0 saturated carbocycles. The van der Waals surface area contributed by atoms with Crippen molar-refractivity contribution in [2.45, 2.75) is 226 Å². The van der Waals surface area contributed by atoms with E-state index in [1.165, 1.54) is 64.2 Å². The van der Waals surface area contributed by atoms with Crippen molar-refractivity contribution in [2.24, 2.45) is 0 Å². The highest BCUT2D eigenvalue weighted by Gasteiger charge is 2.27. The monoisotopic (exact) mass is 1030 g/mol. The summed E-state index contributed by atoms with van der Waals surface area (Å²) in [5.74, 6) is -0.618. The lowest BCUT2D eigenvalue weighted by molar-refractivity contribution is -0.870. The number of rotatable bonds is 50. The molecule has 416 valence electrons. The Kier molecular flexibility index (Phi) is 49.3. The summed E-state index contributed by atoms with van der Waals surface area (Å²) in [6, 6.07) is -0.924. The fourth-order valence-corrected chi connectivity index (χ4v) is 8.25. The molecule has 0 bridgehead atoms. The van der Waals surface area contributed by atoms with Crippen LogP contribution in [-0.4, -0.2) is 69.4 Å². The van der Waals surface area contributed by atoms with Gasteiger partial charge >= 0.3 is 5.97 Å². The van der Waals surface area contributed by atoms with Gasteiger partial charge in [-0.25, -0.2) is 0 Å². The summed E-state index contributed by atoms with van der Waals surface area (Å²) in [5, 5.41) is 2.99. The molecule has 0 aliphatic rings. The van der Waals surface area contributed by atoms with Crippen molar-refractivity contribution in [3.05, 3.63) is 122 Å². The Morgan fingerprint density at radius 2 is 0.945 bits per heavy atom. The first-order chi connectivity index (χ1) is 35.4. The smallest absolute Gasteiger partial charge is 0.306 e. The molecular weight excluding hydrogens is 928 g/mol. The topological polar surface area (TPSA) is 114 Å². The molecule has 3 atom stereocenters. The van der Waals surface area contributed by atoms with Gasteiger partial charge in [-0.15, -0.1) is 0 Å². The first kappa shape index (κ1) is 69.4. The molecule has 0 aromatic heterocycles. The number of carbonyl (C=O) groups is 2. The zero-order chi connectivity index (χ0) is 53.6. The highest BCUT2D eigenvalue weighted by atomic mass is 31.2. The summed E-state index contributed by atoms with van der Waals surface area (Å²) in [5.41, 5.74) is 0. The van der Waals surface area contributed by atoms with Crippen molar-refractivity contribution in [3.63, 3.8) is 0 Å². The lowest BCUT2D eigenvalue weighted by Crippen LogP contribution is -2.47. The van der Waals surface area contributed by atoms with Crippen LogP contribution < -0.4 is 10.2 Å². The Labute approximate surface area is 448 Å². The summed E-state index contributed by atoms with van der Waals surface area (Å²) in [7, 11) is 1.13. The number of likely N-dealkylation sites (N-methyl/N-ethyl adjacent to an activating group) is 1. The summed E-state index contributed by atoms with van der Waals surface area (Å²) < 4.78 is 30.2. The van der Waals surface area contributed by atoms with Crippen LogP contribution in [0.25, 0.3) is 0 Å². The predicted molar refractivity (Wildman–Crippen MR) is 311 cm³/mol. The second-order valence-electron chi connectivity index (χ2n) is 20.1. The number of phosphoric ester groups is 1. The van der Waals surface area contributed by atoms with Crippen LogP contribution in [0.5, 0.6) is 0 Å². The van der Waals surface area contributed by atoms with Crippen LogP contribution in [0.1, 0.15) is 213 Å². The minimum atomic E-state index is -4.72. The molecular formula is C63H107N2O7P. The first-order valence-electron chi connectivity index (χ1n) is 28.9. The van der Waals surface area contributed by atoms with Gasteiger partial charge in [-0.3, -0.25) is 14.2 Å². The van der Waals surface area contributed by atoms with Crippen LogP contribution in [0.15, 0.2) is 122 Å². The molecule has 1 amide bonds. The molecule has 0 aliphatic carbocycles. The number of carbonyl (C=O) groups excluding carboxylic acids is 2. The number of quaternary nitrogens is 1. The molecule has 0 heterocycles. The van der Waals surface area contributed by atoms with E-state index < -0.39 is 26.6 Å². The molecule has 0 fully saturated rings. The fourth-order valence-electron chi connectivity index (χ4n) is 7.52. The van der Waals surface area contributed by atoms with Gasteiger partial charge in [0.25, 0.3) is 7.82 Å². The number of phosphoric acid groups is 1. The minimum absolute atomic E-state index is 0.0400. The van der Waals surface area contributed by atoms with E-state index in [-0.39, 0.29) is 31.3 Å². The highest BCUT2D eigenvalue weighted by Crippen LogP contribution is 2.38. The summed E-state index contributed by atoms with van der Waals surface area (Å²) in [6.07, 6.45) is 71.7. The van der Waals surface area contributed by atoms with Crippen LogP contribution in [0.2, 0.25) is 0 Å². The first-order valence-corrected chi connectivity index (χ1v) is 30.3. The van der Waals surface area contributed by atoms with Gasteiger partial charge in [0.15, 0.2) is 0 Å². The molecule has 0 rings (SSSR count). The van der Waals surface area contributed by atoms with E-state index >= 15 is 0 Å². The predicted octanol–water partition coefficient (Wildman–Crippen LogP) is 16.9. The Morgan fingerprint density at radius 3 is 1.48 bits per heavy atom. The number of esters is 1. The van der Waals surface area contributed by atoms with Crippen LogP contribution in [0, 0.1) is 0 Å². The Bertz CT molecular complexity index is 1660. The molecule has 1 N–H and O–H groups in total. The van der Waals surface area contributed by atoms with E-state index in [1.54, 1.807) is 0 Å². The average Bonchev–Trinajstić information content (AvgIpc) is 3.35. The maximum atomic E-state index is 13.5. The molecule has 0 aliphatic heterocycles. The van der Waals surface area contributed by atoms with E-state index in [4.69, 9.17) is 13.8 Å². The van der Waals surface area contributed by atoms with Crippen molar-refractivity contribution in [2.75, 3.05) is 40.9 Å². The van der Waals surface area contributed by atoms with Gasteiger partial charge in [0.05, 0.1) is 33.8 Å². The lowest BCUT2D eigenvalue weighted by atomic mass is 10.1. The van der Waals surface area contributed by atoms with Crippen molar-refractivity contribution < 1.29 is 37.3 Å². The fraction of sp³-hybridized carbons (Fsp3) is 0.651. The van der Waals surface area contributed by atoms with Gasteiger partial charge in [0.1, 0.15) is 19.3 Å². The number of nitrogens with one attached hydrogen (secondary N) is 1. The van der Waals surface area contributed by atoms with Crippen molar-refractivity contribution in [1.82, 2.24) is 5.32 Å². The molecule has 0 saturated heterocycles. The van der Waals surface area contributed by atoms with E-state index in [0.29, 0.717) is 23.9 Å². The summed E-state index contributed by atoms with van der Waals surface area (Å²) >= 11 is 0. The molecule has 0 spiro atoms. The molecule has 3 unspecified atom stereocenters. The molecule has 73 heavy (non-hydrogen) atoms. The number of amides is 1. The van der Waals surface area contributed by atoms with E-state index in [0.717, 1.165) is 103 Å². The SMILES string of the molecule is CC/C=C\C/C=C\C/C=C\C/C=C\C/C=C\C/C=C\CCCCC(=O)NC(COP(=O)([O-])OCC[N+](C)(C)C)C(/C=C\CCCCCCCCCCC)OC(=O)CCCCCCCCC/C=C/C=C/C=C/CC. The second kappa shape index (κ2) is 51.9. The molecule has 0 aromatic carbocycles. The third kappa shape index (κ3) is 53.1. The number of ether oxygens (including phenoxy) is 1. The zero-order valence-electron chi connectivity index (χ0n) is 47.3. The number of hydrogen-bond acceptors (Lipinski definition) is 7. The van der Waals surface area contributed by atoms with Crippen molar-refractivity contribution in [3.8, 4) is 0 Å². The van der Waals surface area contributed by atoms with Crippen LogP contribution >= 0.6 is 7.82 Å². The normalized spacial score (nSPS) is 14.7. The van der Waals surface area contributed by atoms with Crippen molar-refractivity contribution in [1.29, 1.82) is 0 Å². The zero-order valence-corrected chi connectivity index (χ0v) is 48.2. The molecule has 9 nitrogen and oxygen atoms in total. The maximum Gasteiger partial charge on any atom is 0.306 e. The van der Waals surface area contributed by atoms with Gasteiger partial charge in [-0.05, 0) is 102 Å². The maximum absolute atomic E-state index is 13.5. The Balaban J connectivity index is 5.39. The van der Waals surface area contributed by atoms with Crippen LogP contribution in [0.3, 0.4) is 0 Å². The highest BCUT2D eigenvalue weighted by molar-refractivity contribution is 7.45. The van der Waals surface area contributed by atoms with Gasteiger partial charge in [-0.1, -0.05) is 220 Å². The van der Waals surface area contributed by atoms with E-state index in [9.17, 15) is 19.0 Å². The van der Waals surface area contributed by atoms with Gasteiger partial charge in [0.2, 0.25) is 5.91 Å². The van der Waals surface area contributed by atoms with Crippen molar-refractivity contribution >= 4 is 19.7 Å². The number of hydrogen-bond donors (Lipinski definition) is 1. The van der Waals surface area contributed by atoms with Gasteiger partial charge in [0, 0.05) is 12.8 Å². The third-order valence-corrected chi connectivity index (χ3v) is 12.9. The largest absolute Gasteiger partial charge is 0.756 e. The number of allylic oxidation sites excluding steroid dienone is 19. The van der Waals surface area contributed by atoms with Gasteiger partial charge in [-0.2, -0.15) is 0 Å². The third-order valence-electron chi connectivity index (χ3n) is 11.9. The molecule has 0 radical (unpaired) electrons. The molecule has 10 heteroatoms. The number of nitrogens with zero attached hydrogens (tertiary/aromatic N) is 1. The van der Waals surface area contributed by atoms with Gasteiger partial charge < -0.3 is 28.5 Å². The summed E-state index contributed by atoms with van der Waals surface area (Å²) in [6.45, 7) is 6.52. The van der Waals surface area contributed by atoms with E-state index in [1.807, 2.05) is 33.3 Å². The number of unbranched alkanes of at least 4 members (excludes halogenated alkanes) is 18. The minimum Gasteiger partial charge on any atom is -0.756 e. The molecule has 0 aromatic rings. The average molecular weight is 1040 g/mol. The van der Waals surface area contributed by atoms with Crippen LogP contribution in [0.4, 0.5) is 0 Å². The van der Waals surface area contributed by atoms with E-state index in [2.05, 4.69) is 135 Å². The standard InChI is InChI=1S/C63H107N2O7P/c1-7-10-13-16-19-22-25-27-29-30-31-32-33-34-36-37-40-43-46-49-52-55-62(66)64-60(59-71-73(68,69)70-58-57-65(4,5)6)61(54-51-48-45-42-39-24-21-18-15-12-9-3)72-63(67)56-53-50-47-44-41-38-35-28-26-23-20-17-14-11-8-2/h10-11,13-14,17,19-20,22-23,26-27,29,31-32,34,36,40,43,51,54,60-61H,7-9,12,15-16,18,21,24-25,28,30,33,35,37-39,41-42,44-50,52-53,55-59H2,1-6H3,(H-,64,66,68,69)/b13-10-,14-11+,20-17+,22-19-,26-23+,29-27-,32-31-,36-34-,43-40-,54-51-. The summed E-state index contributed by atoms with van der Waals surface area (Å²) in [4.78, 5) is 39.8. The lowest BCUT2D eigenvalue weighted by Gasteiger charge is -2.30. The Hall–Kier alpha value is -3.59. The second-order valence-corrected chi connectivity index (χ2v) is 21.5. The quantitative estimate of drug-likeness (QED) is 0.0161. The van der Waals surface area contributed by atoms with Crippen LogP contribution in [-0.2, 0) is 27.9 Å². The Morgan fingerprint density at radius 1 is 0.507 bits per heavy atom.